The summed E-state index contributed by atoms with van der Waals surface area (Å²) in [6, 6.07) is 12.6. The number of nitrogens with one attached hydrogen (secondary N) is 2. The fraction of sp³-hybridized carbons (Fsp3) is 0.357. The van der Waals surface area contributed by atoms with Crippen molar-refractivity contribution < 1.29 is 32.2 Å². The van der Waals surface area contributed by atoms with E-state index >= 15 is 0 Å². The van der Waals surface area contributed by atoms with Crippen LogP contribution in [0.4, 0.5) is 18.9 Å². The molecule has 0 bridgehead atoms. The largest absolute Gasteiger partial charge is 0.463 e. The highest BCUT2D eigenvalue weighted by Gasteiger charge is 2.46. The Morgan fingerprint density at radius 2 is 1.87 bits per heavy atom. The zero-order valence-electron chi connectivity index (χ0n) is 21.8. The van der Waals surface area contributed by atoms with Gasteiger partial charge in [-0.2, -0.15) is 18.4 Å². The lowest BCUT2D eigenvalue weighted by atomic mass is 9.75. The molecule has 1 aliphatic heterocycles. The molecule has 3 rings (SSSR count). The van der Waals surface area contributed by atoms with Crippen molar-refractivity contribution in [1.82, 2.24) is 5.32 Å². The summed E-state index contributed by atoms with van der Waals surface area (Å²) in [5, 5.41) is 21.0. The van der Waals surface area contributed by atoms with Gasteiger partial charge in [-0.05, 0) is 56.2 Å². The maximum Gasteiger partial charge on any atom is 0.416 e. The molecule has 1 heterocycles. The van der Waals surface area contributed by atoms with E-state index in [4.69, 9.17) is 14.9 Å². The van der Waals surface area contributed by atoms with Gasteiger partial charge in [0.15, 0.2) is 0 Å². The van der Waals surface area contributed by atoms with Gasteiger partial charge in [-0.1, -0.05) is 18.2 Å². The number of anilines is 1. The number of amidine groups is 1. The fourth-order valence-corrected chi connectivity index (χ4v) is 4.57. The average Bonchev–Trinajstić information content (AvgIpc) is 2.90. The highest BCUT2D eigenvalue weighted by atomic mass is 19.4. The number of ether oxygens (including phenoxy) is 2. The van der Waals surface area contributed by atoms with Crippen LogP contribution in [0.15, 0.2) is 59.8 Å². The number of halogens is 3. The van der Waals surface area contributed by atoms with Gasteiger partial charge in [0.1, 0.15) is 11.8 Å². The zero-order chi connectivity index (χ0) is 28.7. The highest BCUT2D eigenvalue weighted by Crippen LogP contribution is 2.44. The van der Waals surface area contributed by atoms with E-state index in [-0.39, 0.29) is 35.9 Å². The van der Waals surface area contributed by atoms with Crippen molar-refractivity contribution in [3.05, 3.63) is 76.5 Å². The number of amides is 1. The van der Waals surface area contributed by atoms with Gasteiger partial charge < -0.3 is 19.7 Å². The summed E-state index contributed by atoms with van der Waals surface area (Å²) in [7, 11) is 1.52. The summed E-state index contributed by atoms with van der Waals surface area (Å²) in [5.74, 6) is -3.94. The molecule has 0 fully saturated rings. The van der Waals surface area contributed by atoms with Crippen LogP contribution >= 0.6 is 0 Å². The minimum Gasteiger partial charge on any atom is -0.463 e. The predicted molar refractivity (Wildman–Crippen MR) is 138 cm³/mol. The minimum absolute atomic E-state index is 0.0184. The van der Waals surface area contributed by atoms with Gasteiger partial charge >= 0.3 is 12.1 Å². The molecule has 206 valence electrons. The molecule has 2 unspecified atom stereocenters. The third kappa shape index (κ3) is 6.46. The first-order valence-electron chi connectivity index (χ1n) is 12.3. The van der Waals surface area contributed by atoms with Crippen molar-refractivity contribution in [2.45, 2.75) is 32.4 Å². The van der Waals surface area contributed by atoms with E-state index in [0.717, 1.165) is 12.1 Å². The number of carbonyl (C=O) groups excluding carboxylic acids is 2. The number of nitriles is 1. The Hall–Kier alpha value is -4.17. The number of carbonyl (C=O) groups is 2. The molecule has 11 heteroatoms. The van der Waals surface area contributed by atoms with Crippen LogP contribution in [0.3, 0.4) is 0 Å². The van der Waals surface area contributed by atoms with Crippen LogP contribution in [-0.2, 0) is 25.2 Å². The number of alkyl halides is 3. The van der Waals surface area contributed by atoms with Gasteiger partial charge in [0.25, 0.3) is 0 Å². The van der Waals surface area contributed by atoms with Crippen molar-refractivity contribution in [3.8, 4) is 6.07 Å². The third-order valence-corrected chi connectivity index (χ3v) is 6.34. The van der Waals surface area contributed by atoms with Crippen LogP contribution in [-0.4, -0.2) is 44.6 Å². The average molecular weight is 543 g/mol. The third-order valence-electron chi connectivity index (χ3n) is 6.34. The van der Waals surface area contributed by atoms with Crippen molar-refractivity contribution in [2.75, 3.05) is 31.8 Å². The molecule has 2 atom stereocenters. The van der Waals surface area contributed by atoms with Crippen molar-refractivity contribution >= 4 is 23.4 Å². The quantitative estimate of drug-likeness (QED) is 0.349. The molecule has 0 spiro atoms. The standard InChI is InChI=1S/C28H29F3N4O4/c1-4-39-27(37)22-17(2)35(21-8-5-7-20(15-21)28(29,30)31)25(33)24(26(36)34-13-6-14-38-3)23(22)19-11-9-18(16-32)10-12-19/h5,7-12,15,23-24,33H,4,6,13-14H2,1-3H3,(H,34,36). The second-order valence-corrected chi connectivity index (χ2v) is 8.81. The summed E-state index contributed by atoms with van der Waals surface area (Å²) in [6.07, 6.45) is -4.15. The molecule has 1 aliphatic rings. The zero-order valence-corrected chi connectivity index (χ0v) is 21.8. The Labute approximate surface area is 224 Å². The van der Waals surface area contributed by atoms with Crippen molar-refractivity contribution in [3.63, 3.8) is 0 Å². The van der Waals surface area contributed by atoms with Crippen molar-refractivity contribution in [1.29, 1.82) is 10.7 Å². The maximum atomic E-state index is 13.6. The van der Waals surface area contributed by atoms with Gasteiger partial charge in [0.2, 0.25) is 5.91 Å². The molecule has 2 aromatic rings. The second kappa shape index (κ2) is 12.6. The van der Waals surface area contributed by atoms with Gasteiger partial charge in [0, 0.05) is 37.6 Å². The van der Waals surface area contributed by atoms with E-state index in [0.29, 0.717) is 24.2 Å². The number of hydrogen-bond donors (Lipinski definition) is 2. The molecule has 39 heavy (non-hydrogen) atoms. The smallest absolute Gasteiger partial charge is 0.416 e. The fourth-order valence-electron chi connectivity index (χ4n) is 4.57. The molecule has 0 radical (unpaired) electrons. The molecule has 0 aromatic heterocycles. The van der Waals surface area contributed by atoms with Crippen LogP contribution in [0, 0.1) is 22.7 Å². The summed E-state index contributed by atoms with van der Waals surface area (Å²) in [6.45, 7) is 3.73. The monoisotopic (exact) mass is 542 g/mol. The topological polar surface area (TPSA) is 116 Å². The first kappa shape index (κ1) is 29.4. The molecule has 0 saturated carbocycles. The van der Waals surface area contributed by atoms with Crippen LogP contribution in [0.1, 0.15) is 42.9 Å². The van der Waals surface area contributed by atoms with Gasteiger partial charge in [0.05, 0.1) is 29.4 Å². The van der Waals surface area contributed by atoms with Gasteiger partial charge in [-0.3, -0.25) is 10.2 Å². The number of esters is 1. The molecule has 0 saturated heterocycles. The van der Waals surface area contributed by atoms with Gasteiger partial charge in [-0.15, -0.1) is 0 Å². The number of nitrogens with zero attached hydrogens (tertiary/aromatic N) is 2. The van der Waals surface area contributed by atoms with Gasteiger partial charge in [-0.25, -0.2) is 4.79 Å². The van der Waals surface area contributed by atoms with E-state index in [1.807, 2.05) is 6.07 Å². The summed E-state index contributed by atoms with van der Waals surface area (Å²) >= 11 is 0. The van der Waals surface area contributed by atoms with Crippen molar-refractivity contribution in [2.24, 2.45) is 5.92 Å². The summed E-state index contributed by atoms with van der Waals surface area (Å²) in [4.78, 5) is 28.1. The summed E-state index contributed by atoms with van der Waals surface area (Å²) in [5.41, 5.74) is 0.0660. The minimum atomic E-state index is -4.64. The van der Waals surface area contributed by atoms with Crippen LogP contribution in [0.5, 0.6) is 0 Å². The van der Waals surface area contributed by atoms with Crippen LogP contribution < -0.4 is 10.2 Å². The summed E-state index contributed by atoms with van der Waals surface area (Å²) < 4.78 is 50.9. The normalized spacial score (nSPS) is 17.6. The predicted octanol–water partition coefficient (Wildman–Crippen LogP) is 4.76. The molecule has 8 nitrogen and oxygen atoms in total. The number of rotatable bonds is 9. The van der Waals surface area contributed by atoms with E-state index in [9.17, 15) is 28.0 Å². The van der Waals surface area contributed by atoms with E-state index in [1.54, 1.807) is 19.1 Å². The number of allylic oxidation sites excluding steroid dienone is 1. The molecular formula is C28H29F3N4O4. The Balaban J connectivity index is 2.24. The Bertz CT molecular complexity index is 1300. The first-order valence-corrected chi connectivity index (χ1v) is 12.3. The molecule has 1 amide bonds. The molecule has 2 aromatic carbocycles. The van der Waals surface area contributed by atoms with E-state index in [2.05, 4.69) is 5.32 Å². The Morgan fingerprint density at radius 1 is 1.18 bits per heavy atom. The number of methoxy groups -OCH3 is 1. The lowest BCUT2D eigenvalue weighted by Crippen LogP contribution is -2.51. The van der Waals surface area contributed by atoms with E-state index in [1.165, 1.54) is 43.2 Å². The molecular weight excluding hydrogens is 513 g/mol. The highest BCUT2D eigenvalue weighted by molar-refractivity contribution is 6.15. The number of benzene rings is 2. The maximum absolute atomic E-state index is 13.6. The van der Waals surface area contributed by atoms with Crippen LogP contribution in [0.25, 0.3) is 0 Å². The second-order valence-electron chi connectivity index (χ2n) is 8.81. The number of hydrogen-bond acceptors (Lipinski definition) is 6. The van der Waals surface area contributed by atoms with Crippen LogP contribution in [0.2, 0.25) is 0 Å². The molecule has 2 N–H and O–H groups in total. The lowest BCUT2D eigenvalue weighted by Gasteiger charge is -2.41. The SMILES string of the molecule is CCOC(=O)C1=C(C)N(c2cccc(C(F)(F)F)c2)C(=N)C(C(=O)NCCCOC)C1c1ccc(C#N)cc1. The Morgan fingerprint density at radius 3 is 2.46 bits per heavy atom. The lowest BCUT2D eigenvalue weighted by molar-refractivity contribution is -0.139. The molecule has 0 aliphatic carbocycles. The van der Waals surface area contributed by atoms with E-state index < -0.39 is 35.5 Å². The Kier molecular flexibility index (Phi) is 9.48. The first-order chi connectivity index (χ1) is 18.5.